The maximum absolute atomic E-state index is 12.4. The summed E-state index contributed by atoms with van der Waals surface area (Å²) in [5.41, 5.74) is -0.825. The van der Waals surface area contributed by atoms with Crippen molar-refractivity contribution < 1.29 is 27.9 Å². The zero-order chi connectivity index (χ0) is 17.5. The van der Waals surface area contributed by atoms with Crippen LogP contribution in [-0.4, -0.2) is 36.1 Å². The second-order valence-electron chi connectivity index (χ2n) is 5.00. The van der Waals surface area contributed by atoms with Gasteiger partial charge in [-0.3, -0.25) is 9.59 Å². The van der Waals surface area contributed by atoms with Gasteiger partial charge in [0.2, 0.25) is 5.91 Å². The Morgan fingerprint density at radius 3 is 2.30 bits per heavy atom. The first-order valence-electron chi connectivity index (χ1n) is 7.14. The van der Waals surface area contributed by atoms with E-state index in [1.165, 1.54) is 0 Å². The summed E-state index contributed by atoms with van der Waals surface area (Å²) in [5.74, 6) is -1.14. The number of carbonyl (C=O) groups excluding carboxylic acids is 2. The molecular weight excluding hydrogens is 313 g/mol. The molecule has 0 aliphatic rings. The van der Waals surface area contributed by atoms with Gasteiger partial charge in [0.1, 0.15) is 0 Å². The van der Waals surface area contributed by atoms with Crippen LogP contribution < -0.4 is 10.6 Å². The summed E-state index contributed by atoms with van der Waals surface area (Å²) >= 11 is 0. The van der Waals surface area contributed by atoms with Crippen molar-refractivity contribution in [2.24, 2.45) is 0 Å². The summed E-state index contributed by atoms with van der Waals surface area (Å²) < 4.78 is 37.2. The number of nitrogens with one attached hydrogen (secondary N) is 2. The lowest BCUT2D eigenvalue weighted by atomic mass is 10.1. The van der Waals surface area contributed by atoms with E-state index < -0.39 is 29.7 Å². The van der Waals surface area contributed by atoms with Crippen molar-refractivity contribution in [2.45, 2.75) is 32.0 Å². The lowest BCUT2D eigenvalue weighted by Crippen LogP contribution is -2.40. The fourth-order valence-electron chi connectivity index (χ4n) is 1.80. The van der Waals surface area contributed by atoms with Gasteiger partial charge in [-0.05, 0) is 30.7 Å². The number of halogens is 3. The van der Waals surface area contributed by atoms with Crippen molar-refractivity contribution in [1.82, 2.24) is 10.6 Å². The Balaban J connectivity index is 2.43. The van der Waals surface area contributed by atoms with Gasteiger partial charge >= 0.3 is 6.18 Å². The monoisotopic (exact) mass is 332 g/mol. The van der Waals surface area contributed by atoms with E-state index in [4.69, 9.17) is 0 Å². The number of amides is 2. The molecule has 0 saturated heterocycles. The lowest BCUT2D eigenvalue weighted by Gasteiger charge is -2.11. The number of hydrogen-bond donors (Lipinski definition) is 3. The molecule has 0 radical (unpaired) electrons. The standard InChI is InChI=1S/C15H19F3N2O3/c1-2-3-12(21)8-19-13(22)9-20-14(23)10-4-6-11(7-5-10)15(16,17)18/h4-7,12,21H,2-3,8-9H2,1H3,(H,19,22)(H,20,23). The average molecular weight is 332 g/mol. The summed E-state index contributed by atoms with van der Waals surface area (Å²) in [6.07, 6.45) is -3.77. The van der Waals surface area contributed by atoms with Gasteiger partial charge < -0.3 is 15.7 Å². The molecule has 0 bridgehead atoms. The minimum Gasteiger partial charge on any atom is -0.391 e. The van der Waals surface area contributed by atoms with Crippen LogP contribution in [-0.2, 0) is 11.0 Å². The molecule has 1 atom stereocenters. The third-order valence-corrected chi connectivity index (χ3v) is 3.04. The highest BCUT2D eigenvalue weighted by molar-refractivity contribution is 5.96. The molecule has 2 amide bonds. The molecule has 3 N–H and O–H groups in total. The van der Waals surface area contributed by atoms with Crippen molar-refractivity contribution in [3.8, 4) is 0 Å². The Labute approximate surface area is 131 Å². The van der Waals surface area contributed by atoms with Crippen molar-refractivity contribution in [1.29, 1.82) is 0 Å². The Hall–Kier alpha value is -2.09. The minimum atomic E-state index is -4.46. The maximum Gasteiger partial charge on any atom is 0.416 e. The van der Waals surface area contributed by atoms with E-state index >= 15 is 0 Å². The fraction of sp³-hybridized carbons (Fsp3) is 0.467. The van der Waals surface area contributed by atoms with E-state index in [0.29, 0.717) is 6.42 Å². The van der Waals surface area contributed by atoms with Gasteiger partial charge in [-0.25, -0.2) is 0 Å². The zero-order valence-corrected chi connectivity index (χ0v) is 12.6. The van der Waals surface area contributed by atoms with Crippen LogP contribution in [0.2, 0.25) is 0 Å². The first-order valence-corrected chi connectivity index (χ1v) is 7.14. The van der Waals surface area contributed by atoms with Gasteiger partial charge in [0, 0.05) is 12.1 Å². The quantitative estimate of drug-likeness (QED) is 0.711. The molecule has 0 spiro atoms. The molecule has 8 heteroatoms. The van der Waals surface area contributed by atoms with E-state index in [1.807, 2.05) is 6.92 Å². The van der Waals surface area contributed by atoms with Gasteiger partial charge in [0.15, 0.2) is 0 Å². The first-order chi connectivity index (χ1) is 10.7. The van der Waals surface area contributed by atoms with Gasteiger partial charge in [0.25, 0.3) is 5.91 Å². The lowest BCUT2D eigenvalue weighted by molar-refractivity contribution is -0.137. The van der Waals surface area contributed by atoms with E-state index in [-0.39, 0.29) is 18.7 Å². The van der Waals surface area contributed by atoms with E-state index in [2.05, 4.69) is 10.6 Å². The predicted molar refractivity (Wildman–Crippen MR) is 77.7 cm³/mol. The molecule has 0 fully saturated rings. The van der Waals surface area contributed by atoms with Crippen LogP contribution in [0.15, 0.2) is 24.3 Å². The largest absolute Gasteiger partial charge is 0.416 e. The minimum absolute atomic E-state index is 0.0248. The number of aliphatic hydroxyl groups is 1. The average Bonchev–Trinajstić information content (AvgIpc) is 2.50. The highest BCUT2D eigenvalue weighted by Gasteiger charge is 2.30. The SMILES string of the molecule is CCCC(O)CNC(=O)CNC(=O)c1ccc(C(F)(F)F)cc1. The fourth-order valence-corrected chi connectivity index (χ4v) is 1.80. The summed E-state index contributed by atoms with van der Waals surface area (Å²) in [5, 5.41) is 14.2. The number of carbonyl (C=O) groups is 2. The Kier molecular flexibility index (Phi) is 7.02. The molecule has 5 nitrogen and oxygen atoms in total. The summed E-state index contributed by atoms with van der Waals surface area (Å²) in [6, 6.07) is 3.69. The van der Waals surface area contributed by atoms with E-state index in [9.17, 15) is 27.9 Å². The molecule has 128 valence electrons. The number of alkyl halides is 3. The van der Waals surface area contributed by atoms with Crippen LogP contribution in [0.5, 0.6) is 0 Å². The summed E-state index contributed by atoms with van der Waals surface area (Å²) in [6.45, 7) is 1.66. The normalized spacial score (nSPS) is 12.6. The topological polar surface area (TPSA) is 78.4 Å². The van der Waals surface area contributed by atoms with Crippen LogP contribution in [0, 0.1) is 0 Å². The molecule has 0 aromatic heterocycles. The molecule has 0 saturated carbocycles. The Bertz CT molecular complexity index is 530. The molecule has 0 aliphatic heterocycles. The predicted octanol–water partition coefficient (Wildman–Crippen LogP) is 1.71. The summed E-state index contributed by atoms with van der Waals surface area (Å²) in [4.78, 5) is 23.2. The second-order valence-corrected chi connectivity index (χ2v) is 5.00. The molecule has 23 heavy (non-hydrogen) atoms. The summed E-state index contributed by atoms with van der Waals surface area (Å²) in [7, 11) is 0. The third kappa shape index (κ3) is 6.68. The van der Waals surface area contributed by atoms with Crippen molar-refractivity contribution in [2.75, 3.05) is 13.1 Å². The van der Waals surface area contributed by atoms with Gasteiger partial charge in [-0.15, -0.1) is 0 Å². The number of rotatable bonds is 7. The molecule has 0 heterocycles. The van der Waals surface area contributed by atoms with Gasteiger partial charge in [0.05, 0.1) is 18.2 Å². The van der Waals surface area contributed by atoms with Gasteiger partial charge in [-0.1, -0.05) is 13.3 Å². The molecule has 1 rings (SSSR count). The zero-order valence-electron chi connectivity index (χ0n) is 12.6. The second kappa shape index (κ2) is 8.52. The van der Waals surface area contributed by atoms with Crippen molar-refractivity contribution >= 4 is 11.8 Å². The van der Waals surface area contributed by atoms with Crippen LogP contribution in [0.25, 0.3) is 0 Å². The van der Waals surface area contributed by atoms with E-state index in [0.717, 1.165) is 30.7 Å². The van der Waals surface area contributed by atoms with E-state index in [1.54, 1.807) is 0 Å². The Morgan fingerprint density at radius 2 is 1.78 bits per heavy atom. The van der Waals surface area contributed by atoms with Crippen LogP contribution >= 0.6 is 0 Å². The van der Waals surface area contributed by atoms with Crippen molar-refractivity contribution in [3.05, 3.63) is 35.4 Å². The molecule has 1 aromatic rings. The van der Waals surface area contributed by atoms with Gasteiger partial charge in [-0.2, -0.15) is 13.2 Å². The van der Waals surface area contributed by atoms with Crippen LogP contribution in [0.3, 0.4) is 0 Å². The molecule has 1 unspecified atom stereocenters. The highest BCUT2D eigenvalue weighted by Crippen LogP contribution is 2.28. The third-order valence-electron chi connectivity index (χ3n) is 3.04. The number of aliphatic hydroxyl groups excluding tert-OH is 1. The number of hydrogen-bond acceptors (Lipinski definition) is 3. The first kappa shape index (κ1) is 19.0. The Morgan fingerprint density at radius 1 is 1.17 bits per heavy atom. The smallest absolute Gasteiger partial charge is 0.391 e. The maximum atomic E-state index is 12.4. The molecule has 1 aromatic carbocycles. The van der Waals surface area contributed by atoms with Crippen molar-refractivity contribution in [3.63, 3.8) is 0 Å². The molecular formula is C15H19F3N2O3. The number of benzene rings is 1. The van der Waals surface area contributed by atoms with Crippen LogP contribution in [0.1, 0.15) is 35.7 Å². The van der Waals surface area contributed by atoms with Crippen LogP contribution in [0.4, 0.5) is 13.2 Å². The molecule has 0 aliphatic carbocycles. The highest BCUT2D eigenvalue weighted by atomic mass is 19.4.